The van der Waals surface area contributed by atoms with Crippen LogP contribution < -0.4 is 40.2 Å². The Balaban J connectivity index is 0.000000161. The molecular formula is C30H40N4O6. The molecule has 0 unspecified atom stereocenters. The van der Waals surface area contributed by atoms with Gasteiger partial charge in [0.2, 0.25) is 0 Å². The van der Waals surface area contributed by atoms with Gasteiger partial charge in [-0.2, -0.15) is 0 Å². The first kappa shape index (κ1) is 27.7. The van der Waals surface area contributed by atoms with Crippen molar-refractivity contribution in [2.75, 3.05) is 27.3 Å². The maximum Gasteiger partial charge on any atom is 0.315 e. The van der Waals surface area contributed by atoms with E-state index in [4.69, 9.17) is 18.9 Å². The minimum Gasteiger partial charge on any atom is -0.493 e. The Hall–Kier alpha value is -3.82. The molecule has 2 saturated carbocycles. The van der Waals surface area contributed by atoms with Crippen molar-refractivity contribution in [2.24, 2.45) is 0 Å². The molecule has 4 N–H and O–H groups in total. The fourth-order valence-electron chi connectivity index (χ4n) is 5.69. The SMILES string of the molecule is COc1ccc([C@@H]2CNC(=O)N2)cc1OC1CCCC1.COc1ccc([C@H]2CNC(=O)N2)cc1OC1CCCC1. The lowest BCUT2D eigenvalue weighted by Crippen LogP contribution is -2.21. The largest absolute Gasteiger partial charge is 0.493 e. The molecule has 0 aromatic heterocycles. The van der Waals surface area contributed by atoms with E-state index in [1.54, 1.807) is 14.2 Å². The van der Waals surface area contributed by atoms with Gasteiger partial charge in [-0.1, -0.05) is 12.1 Å². The Morgan fingerprint density at radius 1 is 0.600 bits per heavy atom. The zero-order chi connectivity index (χ0) is 27.9. The van der Waals surface area contributed by atoms with Gasteiger partial charge in [0.05, 0.1) is 38.5 Å². The lowest BCUT2D eigenvalue weighted by molar-refractivity contribution is 0.200. The average molecular weight is 553 g/mol. The van der Waals surface area contributed by atoms with Crippen LogP contribution in [0.4, 0.5) is 9.59 Å². The molecule has 2 aliphatic heterocycles. The van der Waals surface area contributed by atoms with E-state index in [1.165, 1.54) is 25.7 Å². The number of rotatable bonds is 8. The number of nitrogens with one attached hydrogen (secondary N) is 4. The summed E-state index contributed by atoms with van der Waals surface area (Å²) in [6, 6.07) is 11.5. The van der Waals surface area contributed by atoms with Gasteiger partial charge < -0.3 is 40.2 Å². The van der Waals surface area contributed by atoms with Gasteiger partial charge in [-0.15, -0.1) is 0 Å². The molecule has 2 saturated heterocycles. The second-order valence-corrected chi connectivity index (χ2v) is 10.7. The number of methoxy groups -OCH3 is 2. The van der Waals surface area contributed by atoms with Crippen molar-refractivity contribution in [2.45, 2.75) is 75.7 Å². The highest BCUT2D eigenvalue weighted by molar-refractivity contribution is 5.77. The van der Waals surface area contributed by atoms with Crippen LogP contribution in [-0.4, -0.2) is 51.6 Å². The van der Waals surface area contributed by atoms with Gasteiger partial charge in [-0.25, -0.2) is 9.59 Å². The number of hydrogen-bond acceptors (Lipinski definition) is 6. The van der Waals surface area contributed by atoms with Crippen molar-refractivity contribution in [3.8, 4) is 23.0 Å². The third-order valence-corrected chi connectivity index (χ3v) is 7.92. The summed E-state index contributed by atoms with van der Waals surface area (Å²) in [5, 5.41) is 11.3. The molecular weight excluding hydrogens is 512 g/mol. The van der Waals surface area contributed by atoms with E-state index in [-0.39, 0.29) is 36.4 Å². The predicted octanol–water partition coefficient (Wildman–Crippen LogP) is 4.74. The quantitative estimate of drug-likeness (QED) is 0.376. The van der Waals surface area contributed by atoms with Gasteiger partial charge in [0.25, 0.3) is 0 Å². The number of amides is 4. The first-order valence-corrected chi connectivity index (χ1v) is 14.3. The minimum atomic E-state index is -0.121. The fourth-order valence-corrected chi connectivity index (χ4v) is 5.69. The Bertz CT molecular complexity index is 1090. The van der Waals surface area contributed by atoms with Gasteiger partial charge in [0, 0.05) is 13.1 Å². The Kier molecular flexibility index (Phi) is 9.03. The second-order valence-electron chi connectivity index (χ2n) is 10.7. The summed E-state index contributed by atoms with van der Waals surface area (Å²) in [6.45, 7) is 1.21. The summed E-state index contributed by atoms with van der Waals surface area (Å²) in [6.07, 6.45) is 9.93. The standard InChI is InChI=1S/2C15H20N2O3/c2*1-19-13-7-6-10(12-9-16-15(18)17-12)8-14(13)20-11-4-2-3-5-11/h2*6-8,11-12H,2-5,9H2,1H3,(H2,16,17,18)/t2*12-/m10/s1. The highest BCUT2D eigenvalue weighted by Crippen LogP contribution is 2.35. The number of benzene rings is 2. The summed E-state index contributed by atoms with van der Waals surface area (Å²) in [4.78, 5) is 22.5. The zero-order valence-corrected chi connectivity index (χ0v) is 23.3. The van der Waals surface area contributed by atoms with Crippen molar-refractivity contribution >= 4 is 12.1 Å². The normalized spacial score (nSPS) is 22.4. The first-order valence-electron chi connectivity index (χ1n) is 14.3. The molecule has 2 aliphatic carbocycles. The summed E-state index contributed by atoms with van der Waals surface area (Å²) < 4.78 is 22.9. The summed E-state index contributed by atoms with van der Waals surface area (Å²) in [5.41, 5.74) is 2.08. The molecule has 6 rings (SSSR count). The van der Waals surface area contributed by atoms with Gasteiger partial charge in [-0.3, -0.25) is 0 Å². The van der Waals surface area contributed by atoms with Crippen molar-refractivity contribution in [3.05, 3.63) is 47.5 Å². The van der Waals surface area contributed by atoms with Crippen LogP contribution in [0.1, 0.15) is 74.6 Å². The van der Waals surface area contributed by atoms with E-state index in [0.717, 1.165) is 59.8 Å². The molecule has 2 aromatic carbocycles. The number of carbonyl (C=O) groups is 2. The smallest absolute Gasteiger partial charge is 0.315 e. The highest BCUT2D eigenvalue weighted by Gasteiger charge is 2.25. The van der Waals surface area contributed by atoms with E-state index in [2.05, 4.69) is 21.3 Å². The Morgan fingerprint density at radius 3 is 1.32 bits per heavy atom. The summed E-state index contributed by atoms with van der Waals surface area (Å²) in [7, 11) is 3.30. The van der Waals surface area contributed by atoms with Crippen molar-refractivity contribution in [1.29, 1.82) is 0 Å². The van der Waals surface area contributed by atoms with E-state index in [9.17, 15) is 9.59 Å². The molecule has 4 aliphatic rings. The third kappa shape index (κ3) is 6.84. The van der Waals surface area contributed by atoms with Crippen LogP contribution in [-0.2, 0) is 0 Å². The molecule has 0 spiro atoms. The molecule has 0 bridgehead atoms. The molecule has 0 radical (unpaired) electrons. The van der Waals surface area contributed by atoms with Gasteiger partial charge >= 0.3 is 12.1 Å². The number of carbonyl (C=O) groups excluding carboxylic acids is 2. The Labute approximate surface area is 235 Å². The maximum atomic E-state index is 11.2. The molecule has 40 heavy (non-hydrogen) atoms. The van der Waals surface area contributed by atoms with Crippen molar-refractivity contribution in [3.63, 3.8) is 0 Å². The molecule has 2 atom stereocenters. The molecule has 10 heteroatoms. The molecule has 216 valence electrons. The van der Waals surface area contributed by atoms with Crippen LogP contribution >= 0.6 is 0 Å². The first-order chi connectivity index (χ1) is 19.5. The van der Waals surface area contributed by atoms with Crippen LogP contribution in [0, 0.1) is 0 Å². The van der Waals surface area contributed by atoms with Crippen LogP contribution in [0.15, 0.2) is 36.4 Å². The molecule has 2 heterocycles. The minimum absolute atomic E-state index is 0.000616. The van der Waals surface area contributed by atoms with E-state index in [1.807, 2.05) is 36.4 Å². The second kappa shape index (κ2) is 13.0. The van der Waals surface area contributed by atoms with Gasteiger partial charge in [-0.05, 0) is 86.8 Å². The maximum absolute atomic E-state index is 11.2. The van der Waals surface area contributed by atoms with E-state index >= 15 is 0 Å². The summed E-state index contributed by atoms with van der Waals surface area (Å²) >= 11 is 0. The zero-order valence-electron chi connectivity index (χ0n) is 23.3. The van der Waals surface area contributed by atoms with Gasteiger partial charge in [0.1, 0.15) is 0 Å². The molecule has 2 aromatic rings. The molecule has 4 fully saturated rings. The predicted molar refractivity (Wildman–Crippen MR) is 150 cm³/mol. The topological polar surface area (TPSA) is 119 Å². The van der Waals surface area contributed by atoms with Crippen LogP contribution in [0.2, 0.25) is 0 Å². The average Bonchev–Trinajstić information content (AvgIpc) is 3.79. The number of hydrogen-bond donors (Lipinski definition) is 4. The Morgan fingerprint density at radius 2 is 1.00 bits per heavy atom. The molecule has 4 amide bonds. The van der Waals surface area contributed by atoms with Crippen molar-refractivity contribution in [1.82, 2.24) is 21.3 Å². The van der Waals surface area contributed by atoms with Gasteiger partial charge in [0.15, 0.2) is 23.0 Å². The fraction of sp³-hybridized carbons (Fsp3) is 0.533. The van der Waals surface area contributed by atoms with Crippen molar-refractivity contribution < 1.29 is 28.5 Å². The lowest BCUT2D eigenvalue weighted by atomic mass is 10.1. The number of urea groups is 2. The lowest BCUT2D eigenvalue weighted by Gasteiger charge is -2.18. The summed E-state index contributed by atoms with van der Waals surface area (Å²) in [5.74, 6) is 3.05. The third-order valence-electron chi connectivity index (χ3n) is 7.92. The number of ether oxygens (including phenoxy) is 4. The van der Waals surface area contributed by atoms with E-state index < -0.39 is 0 Å². The van der Waals surface area contributed by atoms with E-state index in [0.29, 0.717) is 13.1 Å². The molecule has 10 nitrogen and oxygen atoms in total. The van der Waals surface area contributed by atoms with Crippen LogP contribution in [0.25, 0.3) is 0 Å². The van der Waals surface area contributed by atoms with Crippen LogP contribution in [0.3, 0.4) is 0 Å². The monoisotopic (exact) mass is 552 g/mol. The van der Waals surface area contributed by atoms with Crippen LogP contribution in [0.5, 0.6) is 23.0 Å². The highest BCUT2D eigenvalue weighted by atomic mass is 16.5.